The predicted molar refractivity (Wildman–Crippen MR) is 221 cm³/mol. The lowest BCUT2D eigenvalue weighted by Crippen LogP contribution is -2.55. The van der Waals surface area contributed by atoms with E-state index in [9.17, 15) is 0 Å². The van der Waals surface area contributed by atoms with Crippen LogP contribution < -0.4 is 4.90 Å². The van der Waals surface area contributed by atoms with Crippen molar-refractivity contribution in [3.05, 3.63) is 150 Å². The molecule has 0 atom stereocenters. The van der Waals surface area contributed by atoms with Gasteiger partial charge in [-0.15, -0.1) is 0 Å². The van der Waals surface area contributed by atoms with Gasteiger partial charge in [0.1, 0.15) is 11.2 Å². The van der Waals surface area contributed by atoms with Crippen molar-refractivity contribution in [2.75, 3.05) is 4.90 Å². The Morgan fingerprint density at radius 3 is 1.93 bits per heavy atom. The van der Waals surface area contributed by atoms with Gasteiger partial charge in [0.05, 0.1) is 5.69 Å². The Morgan fingerprint density at radius 2 is 1.11 bits per heavy atom. The van der Waals surface area contributed by atoms with E-state index in [1.54, 1.807) is 16.7 Å². The van der Waals surface area contributed by atoms with Crippen LogP contribution in [0.4, 0.5) is 17.1 Å². The average molecular weight is 700 g/mol. The zero-order valence-corrected chi connectivity index (χ0v) is 30.9. The van der Waals surface area contributed by atoms with Gasteiger partial charge in [-0.2, -0.15) is 0 Å². The van der Waals surface area contributed by atoms with Crippen molar-refractivity contribution in [2.45, 2.75) is 75.0 Å². The van der Waals surface area contributed by atoms with Gasteiger partial charge < -0.3 is 9.32 Å². The lowest BCUT2D eigenvalue weighted by molar-refractivity contribution is -0.0397. The number of furan rings is 1. The summed E-state index contributed by atoms with van der Waals surface area (Å²) in [4.78, 5) is 2.66. The topological polar surface area (TPSA) is 16.4 Å². The molecule has 0 amide bonds. The number of anilines is 3. The fourth-order valence-corrected chi connectivity index (χ4v) is 13.9. The van der Waals surface area contributed by atoms with Gasteiger partial charge in [-0.1, -0.05) is 104 Å². The van der Waals surface area contributed by atoms with Gasteiger partial charge in [-0.3, -0.25) is 0 Å². The molecule has 54 heavy (non-hydrogen) atoms. The Morgan fingerprint density at radius 1 is 0.481 bits per heavy atom. The van der Waals surface area contributed by atoms with E-state index in [-0.39, 0.29) is 10.8 Å². The molecule has 0 N–H and O–H groups in total. The number of rotatable bonds is 3. The molecule has 7 aliphatic rings. The minimum absolute atomic E-state index is 0.0508. The number of hydrogen-bond donors (Lipinski definition) is 0. The molecule has 4 bridgehead atoms. The molecule has 14 rings (SSSR count). The smallest absolute Gasteiger partial charge is 0.137 e. The van der Waals surface area contributed by atoms with Gasteiger partial charge in [0.25, 0.3) is 0 Å². The van der Waals surface area contributed by atoms with Crippen molar-refractivity contribution in [1.29, 1.82) is 0 Å². The fourth-order valence-electron chi connectivity index (χ4n) is 13.9. The van der Waals surface area contributed by atoms with E-state index >= 15 is 0 Å². The van der Waals surface area contributed by atoms with Crippen LogP contribution >= 0.6 is 0 Å². The third kappa shape index (κ3) is 3.77. The van der Waals surface area contributed by atoms with Gasteiger partial charge >= 0.3 is 0 Å². The molecule has 0 unspecified atom stereocenters. The molecule has 7 aromatic rings. The first-order valence-electron chi connectivity index (χ1n) is 20.9. The molecule has 2 nitrogen and oxygen atoms in total. The summed E-state index contributed by atoms with van der Waals surface area (Å²) in [5, 5.41) is 2.37. The highest BCUT2D eigenvalue weighted by Gasteiger charge is 2.62. The molecular weight excluding hydrogens is 655 g/mol. The van der Waals surface area contributed by atoms with Crippen LogP contribution in [0.15, 0.2) is 132 Å². The maximum atomic E-state index is 6.63. The van der Waals surface area contributed by atoms with Crippen molar-refractivity contribution in [3.63, 3.8) is 0 Å². The van der Waals surface area contributed by atoms with Crippen molar-refractivity contribution < 1.29 is 4.42 Å². The summed E-state index contributed by atoms with van der Waals surface area (Å²) < 4.78 is 6.63. The minimum atomic E-state index is 0.0508. The van der Waals surface area contributed by atoms with Crippen molar-refractivity contribution in [1.82, 2.24) is 0 Å². The van der Waals surface area contributed by atoms with Gasteiger partial charge in [0.15, 0.2) is 0 Å². The van der Waals surface area contributed by atoms with Crippen LogP contribution in [0.25, 0.3) is 44.2 Å². The second-order valence-electron chi connectivity index (χ2n) is 18.0. The Balaban J connectivity index is 1.09. The molecule has 5 fully saturated rings. The first-order valence-corrected chi connectivity index (χ1v) is 20.9. The summed E-state index contributed by atoms with van der Waals surface area (Å²) in [7, 11) is 0. The summed E-state index contributed by atoms with van der Waals surface area (Å²) in [6.45, 7) is 0. The van der Waals surface area contributed by atoms with Crippen LogP contribution in [-0.2, 0) is 10.8 Å². The molecule has 0 radical (unpaired) electrons. The maximum Gasteiger partial charge on any atom is 0.137 e. The zero-order chi connectivity index (χ0) is 35.2. The van der Waals surface area contributed by atoms with Crippen molar-refractivity contribution in [3.8, 4) is 22.3 Å². The Hall–Kier alpha value is -5.08. The van der Waals surface area contributed by atoms with E-state index in [0.29, 0.717) is 11.8 Å². The minimum Gasteiger partial charge on any atom is -0.456 e. The van der Waals surface area contributed by atoms with E-state index in [0.717, 1.165) is 23.0 Å². The Bertz CT molecular complexity index is 2660. The van der Waals surface area contributed by atoms with Crippen molar-refractivity contribution in [2.24, 2.45) is 23.7 Å². The fraction of sp³-hybridized carbons (Fsp3) is 0.308. The summed E-state index contributed by atoms with van der Waals surface area (Å²) >= 11 is 0. The number of fused-ring (bicyclic) bond motifs is 11. The lowest BCUT2D eigenvalue weighted by Gasteiger charge is -2.61. The zero-order valence-electron chi connectivity index (χ0n) is 30.9. The largest absolute Gasteiger partial charge is 0.456 e. The van der Waals surface area contributed by atoms with Gasteiger partial charge in [0.2, 0.25) is 0 Å². The molecule has 264 valence electrons. The van der Waals surface area contributed by atoms with Crippen LogP contribution in [0.2, 0.25) is 0 Å². The lowest BCUT2D eigenvalue weighted by atomic mass is 9.43. The molecule has 0 saturated heterocycles. The quantitative estimate of drug-likeness (QED) is 0.183. The van der Waals surface area contributed by atoms with E-state index < -0.39 is 0 Å². The van der Waals surface area contributed by atoms with Gasteiger partial charge in [0, 0.05) is 39.0 Å². The van der Waals surface area contributed by atoms with Crippen molar-refractivity contribution >= 4 is 39.0 Å². The maximum absolute atomic E-state index is 6.63. The monoisotopic (exact) mass is 699 g/mol. The standard InChI is InChI=1S/C52H45NO/c1-8-23-51(24-9-1)44-15-5-2-11-38(44)40-21-19-36(30-46(40)51)53(37-20-22-42-41-13-4-7-18-48(41)54-49(42)31-37)47-17-10-14-43-39-12-3-6-16-45(39)52(50(43)47)34-26-32-25-33(28-34)29-35(52)27-32/h2-7,10-22,30-35H,1,8-9,23-29H2. The highest BCUT2D eigenvalue weighted by atomic mass is 16.3. The molecule has 2 heteroatoms. The highest BCUT2D eigenvalue weighted by Crippen LogP contribution is 2.71. The van der Waals surface area contributed by atoms with E-state index in [1.807, 2.05) is 0 Å². The van der Waals surface area contributed by atoms with Gasteiger partial charge in [-0.05, 0) is 150 Å². The highest BCUT2D eigenvalue weighted by molar-refractivity contribution is 6.06. The summed E-state index contributed by atoms with van der Waals surface area (Å²) in [6, 6.07) is 49.2. The summed E-state index contributed by atoms with van der Waals surface area (Å²) in [6.07, 6.45) is 13.4. The normalized spacial score (nSPS) is 26.4. The molecule has 1 aromatic heterocycles. The van der Waals surface area contributed by atoms with E-state index in [4.69, 9.17) is 4.42 Å². The Labute approximate surface area is 317 Å². The first-order chi connectivity index (χ1) is 26.7. The van der Waals surface area contributed by atoms with Crippen LogP contribution in [0.5, 0.6) is 0 Å². The average Bonchev–Trinajstić information content (AvgIpc) is 3.82. The van der Waals surface area contributed by atoms with Gasteiger partial charge in [-0.25, -0.2) is 0 Å². The second-order valence-corrected chi connectivity index (χ2v) is 18.0. The second kappa shape index (κ2) is 10.8. The number of benzene rings is 6. The molecule has 2 spiro atoms. The molecule has 0 aliphatic heterocycles. The van der Waals surface area contributed by atoms with E-state index in [1.165, 1.54) is 120 Å². The summed E-state index contributed by atoms with van der Waals surface area (Å²) in [5.41, 5.74) is 18.0. The molecular formula is C52H45NO. The van der Waals surface area contributed by atoms with E-state index in [2.05, 4.69) is 132 Å². The third-order valence-electron chi connectivity index (χ3n) is 15.6. The summed E-state index contributed by atoms with van der Waals surface area (Å²) in [5.74, 6) is 3.19. The molecule has 5 saturated carbocycles. The van der Waals surface area contributed by atoms with Crippen LogP contribution in [0.1, 0.15) is 86.5 Å². The molecule has 1 heterocycles. The van der Waals surface area contributed by atoms with Crippen LogP contribution in [0, 0.1) is 23.7 Å². The van der Waals surface area contributed by atoms with Crippen LogP contribution in [-0.4, -0.2) is 0 Å². The Kier molecular flexibility index (Phi) is 6.04. The molecule has 6 aromatic carbocycles. The van der Waals surface area contributed by atoms with Crippen LogP contribution in [0.3, 0.4) is 0 Å². The first kappa shape index (κ1) is 30.3. The third-order valence-corrected chi connectivity index (χ3v) is 15.6. The predicted octanol–water partition coefficient (Wildman–Crippen LogP) is 14.0. The SMILES string of the molecule is c1ccc2c(c1)-c1ccc(N(c3ccc4c(c3)oc3ccccc34)c3cccc4c3C3(c5ccccc5-4)C4CC5CC(C4)CC3C5)cc1C21CCCCC1. The number of para-hydroxylation sites is 1. The number of nitrogens with zero attached hydrogens (tertiary/aromatic N) is 1. The number of hydrogen-bond acceptors (Lipinski definition) is 2. The molecule has 7 aliphatic carbocycles.